The van der Waals surface area contributed by atoms with Gasteiger partial charge in [-0.25, -0.2) is 4.79 Å². The van der Waals surface area contributed by atoms with Crippen LogP contribution in [-0.2, 0) is 20.9 Å². The third kappa shape index (κ3) is 5.84. The summed E-state index contributed by atoms with van der Waals surface area (Å²) >= 11 is 0. The topological polar surface area (TPSA) is 84.9 Å². The molecule has 28 heavy (non-hydrogen) atoms. The van der Waals surface area contributed by atoms with Crippen LogP contribution in [0, 0.1) is 0 Å². The fourth-order valence-electron chi connectivity index (χ4n) is 2.57. The van der Waals surface area contributed by atoms with E-state index < -0.39 is 11.9 Å². The van der Waals surface area contributed by atoms with Gasteiger partial charge in [-0.2, -0.15) is 0 Å². The molecular formula is C21H24N2O5. The van der Waals surface area contributed by atoms with Crippen molar-refractivity contribution < 1.29 is 23.9 Å². The molecule has 0 aliphatic rings. The molecular weight excluding hydrogens is 360 g/mol. The normalized spacial score (nSPS) is 10.1. The standard InChI is InChI=1S/C21H24N2O5/c1-4-28-21(26)18-7-5-6-8-19(18)22-20(25)14-23(15(2)24)13-16-9-11-17(27-3)12-10-16/h5-12H,4,13-14H2,1-3H3,(H,22,25). The van der Waals surface area contributed by atoms with Crippen LogP contribution in [0.2, 0.25) is 0 Å². The van der Waals surface area contributed by atoms with Gasteiger partial charge in [-0.15, -0.1) is 0 Å². The second-order valence-electron chi connectivity index (χ2n) is 6.04. The van der Waals surface area contributed by atoms with Crippen LogP contribution in [0.15, 0.2) is 48.5 Å². The maximum Gasteiger partial charge on any atom is 0.340 e. The number of rotatable bonds is 8. The lowest BCUT2D eigenvalue weighted by atomic mass is 10.1. The van der Waals surface area contributed by atoms with Gasteiger partial charge >= 0.3 is 5.97 Å². The number of esters is 1. The quantitative estimate of drug-likeness (QED) is 0.708. The SMILES string of the molecule is CCOC(=O)c1ccccc1NC(=O)CN(Cc1ccc(OC)cc1)C(C)=O. The van der Waals surface area contributed by atoms with Gasteiger partial charge in [-0.1, -0.05) is 24.3 Å². The minimum Gasteiger partial charge on any atom is -0.497 e. The van der Waals surface area contributed by atoms with Crippen LogP contribution in [0.3, 0.4) is 0 Å². The summed E-state index contributed by atoms with van der Waals surface area (Å²) in [5, 5.41) is 2.69. The van der Waals surface area contributed by atoms with Crippen LogP contribution in [0.25, 0.3) is 0 Å². The summed E-state index contributed by atoms with van der Waals surface area (Å²) in [4.78, 5) is 37.9. The van der Waals surface area contributed by atoms with Crippen molar-refractivity contribution >= 4 is 23.5 Å². The van der Waals surface area contributed by atoms with Gasteiger partial charge in [-0.05, 0) is 36.8 Å². The monoisotopic (exact) mass is 384 g/mol. The number of benzene rings is 2. The predicted octanol–water partition coefficient (Wildman–Crippen LogP) is 2.86. The van der Waals surface area contributed by atoms with Gasteiger partial charge in [0.15, 0.2) is 0 Å². The van der Waals surface area contributed by atoms with Gasteiger partial charge < -0.3 is 19.7 Å². The molecule has 0 aliphatic carbocycles. The zero-order chi connectivity index (χ0) is 20.5. The highest BCUT2D eigenvalue weighted by molar-refractivity contribution is 6.02. The third-order valence-corrected chi connectivity index (χ3v) is 4.01. The molecule has 0 saturated heterocycles. The molecule has 7 heteroatoms. The second kappa shape index (κ2) is 10.1. The summed E-state index contributed by atoms with van der Waals surface area (Å²) in [6.45, 7) is 3.50. The summed E-state index contributed by atoms with van der Waals surface area (Å²) in [5.41, 5.74) is 1.48. The molecule has 2 aromatic rings. The summed E-state index contributed by atoms with van der Waals surface area (Å²) in [5.74, 6) is -0.434. The highest BCUT2D eigenvalue weighted by Gasteiger charge is 2.17. The summed E-state index contributed by atoms with van der Waals surface area (Å²) in [6, 6.07) is 13.9. The molecule has 0 saturated carbocycles. The lowest BCUT2D eigenvalue weighted by molar-refractivity contribution is -0.133. The van der Waals surface area contributed by atoms with Gasteiger partial charge in [0.25, 0.3) is 0 Å². The zero-order valence-electron chi connectivity index (χ0n) is 16.2. The minimum absolute atomic E-state index is 0.140. The van der Waals surface area contributed by atoms with Gasteiger partial charge in [0.05, 0.1) is 25.0 Å². The van der Waals surface area contributed by atoms with Crippen LogP contribution in [0.4, 0.5) is 5.69 Å². The van der Waals surface area contributed by atoms with Crippen molar-refractivity contribution in [3.05, 3.63) is 59.7 Å². The number of anilines is 1. The number of hydrogen-bond acceptors (Lipinski definition) is 5. The Morgan fingerprint density at radius 2 is 1.71 bits per heavy atom. The Bertz CT molecular complexity index is 833. The highest BCUT2D eigenvalue weighted by atomic mass is 16.5. The molecule has 2 rings (SSSR count). The molecule has 2 aromatic carbocycles. The Hall–Kier alpha value is -3.35. The van der Waals surface area contributed by atoms with Crippen LogP contribution >= 0.6 is 0 Å². The van der Waals surface area contributed by atoms with E-state index in [2.05, 4.69) is 5.32 Å². The van der Waals surface area contributed by atoms with Gasteiger partial charge in [0.2, 0.25) is 11.8 Å². The fourth-order valence-corrected chi connectivity index (χ4v) is 2.57. The summed E-state index contributed by atoms with van der Waals surface area (Å²) < 4.78 is 10.1. The van der Waals surface area contributed by atoms with Crippen molar-refractivity contribution in [3.63, 3.8) is 0 Å². The van der Waals surface area contributed by atoms with E-state index in [0.29, 0.717) is 11.4 Å². The van der Waals surface area contributed by atoms with Gasteiger partial charge in [0.1, 0.15) is 12.3 Å². The third-order valence-electron chi connectivity index (χ3n) is 4.01. The van der Waals surface area contributed by atoms with E-state index in [9.17, 15) is 14.4 Å². The predicted molar refractivity (Wildman–Crippen MR) is 105 cm³/mol. The van der Waals surface area contributed by atoms with Crippen molar-refractivity contribution in [3.8, 4) is 5.75 Å². The second-order valence-corrected chi connectivity index (χ2v) is 6.04. The number of carbonyl (C=O) groups excluding carboxylic acids is 3. The molecule has 0 aromatic heterocycles. The highest BCUT2D eigenvalue weighted by Crippen LogP contribution is 2.17. The smallest absolute Gasteiger partial charge is 0.340 e. The Labute approximate surface area is 164 Å². The number of amides is 2. The van der Waals surface area contributed by atoms with E-state index >= 15 is 0 Å². The van der Waals surface area contributed by atoms with Crippen molar-refractivity contribution in [1.29, 1.82) is 0 Å². The van der Waals surface area contributed by atoms with E-state index in [1.807, 2.05) is 12.1 Å². The average molecular weight is 384 g/mol. The first-order valence-electron chi connectivity index (χ1n) is 8.89. The Balaban J connectivity index is 2.06. The molecule has 1 N–H and O–H groups in total. The largest absolute Gasteiger partial charge is 0.497 e. The van der Waals surface area contributed by atoms with Crippen molar-refractivity contribution in [2.75, 3.05) is 25.6 Å². The van der Waals surface area contributed by atoms with E-state index in [4.69, 9.17) is 9.47 Å². The maximum atomic E-state index is 12.5. The summed E-state index contributed by atoms with van der Waals surface area (Å²) in [7, 11) is 1.58. The lowest BCUT2D eigenvalue weighted by Crippen LogP contribution is -2.36. The van der Waals surface area contributed by atoms with Crippen molar-refractivity contribution in [2.45, 2.75) is 20.4 Å². The molecule has 0 fully saturated rings. The Morgan fingerprint density at radius 1 is 1.04 bits per heavy atom. The molecule has 0 spiro atoms. The number of ether oxygens (including phenoxy) is 2. The number of nitrogens with one attached hydrogen (secondary N) is 1. The fraction of sp³-hybridized carbons (Fsp3) is 0.286. The van der Waals surface area contributed by atoms with Crippen LogP contribution in [0.5, 0.6) is 5.75 Å². The van der Waals surface area contributed by atoms with E-state index in [1.54, 1.807) is 50.4 Å². The number of nitrogens with zero attached hydrogens (tertiary/aromatic N) is 1. The first-order valence-corrected chi connectivity index (χ1v) is 8.89. The number of methoxy groups -OCH3 is 1. The molecule has 0 heterocycles. The van der Waals surface area contributed by atoms with E-state index in [1.165, 1.54) is 11.8 Å². The first-order chi connectivity index (χ1) is 13.4. The molecule has 0 bridgehead atoms. The number of carbonyl (C=O) groups is 3. The number of para-hydroxylation sites is 1. The van der Waals surface area contributed by atoms with Crippen LogP contribution < -0.4 is 10.1 Å². The Kier molecular flexibility index (Phi) is 7.56. The zero-order valence-corrected chi connectivity index (χ0v) is 16.2. The maximum absolute atomic E-state index is 12.5. The molecule has 0 unspecified atom stereocenters. The van der Waals surface area contributed by atoms with Crippen molar-refractivity contribution in [1.82, 2.24) is 4.90 Å². The van der Waals surface area contributed by atoms with Crippen LogP contribution in [-0.4, -0.2) is 42.9 Å². The van der Waals surface area contributed by atoms with E-state index in [-0.39, 0.29) is 31.2 Å². The molecule has 0 aliphatic heterocycles. The molecule has 0 radical (unpaired) electrons. The van der Waals surface area contributed by atoms with Gasteiger partial charge in [-0.3, -0.25) is 9.59 Å². The van der Waals surface area contributed by atoms with Crippen molar-refractivity contribution in [2.24, 2.45) is 0 Å². The summed E-state index contributed by atoms with van der Waals surface area (Å²) in [6.07, 6.45) is 0. The molecule has 7 nitrogen and oxygen atoms in total. The average Bonchev–Trinajstić information content (AvgIpc) is 2.68. The number of hydrogen-bond donors (Lipinski definition) is 1. The lowest BCUT2D eigenvalue weighted by Gasteiger charge is -2.21. The van der Waals surface area contributed by atoms with Gasteiger partial charge in [0, 0.05) is 13.5 Å². The molecule has 0 atom stereocenters. The first kappa shape index (κ1) is 21.0. The minimum atomic E-state index is -0.514. The van der Waals surface area contributed by atoms with E-state index in [0.717, 1.165) is 5.56 Å². The van der Waals surface area contributed by atoms with Crippen LogP contribution in [0.1, 0.15) is 29.8 Å². The molecule has 2 amide bonds. The molecule has 148 valence electrons. The Morgan fingerprint density at radius 3 is 2.32 bits per heavy atom.